The van der Waals surface area contributed by atoms with E-state index in [9.17, 15) is 18.0 Å². The lowest BCUT2D eigenvalue weighted by atomic mass is 10.2. The van der Waals surface area contributed by atoms with E-state index in [1.54, 1.807) is 0 Å². The first kappa shape index (κ1) is 13.8. The van der Waals surface area contributed by atoms with Crippen LogP contribution in [-0.2, 0) is 24.3 Å². The van der Waals surface area contributed by atoms with Crippen molar-refractivity contribution in [2.24, 2.45) is 0 Å². The first-order chi connectivity index (χ1) is 9.95. The van der Waals surface area contributed by atoms with Crippen LogP contribution in [-0.4, -0.2) is 39.5 Å². The van der Waals surface area contributed by atoms with Gasteiger partial charge in [0.1, 0.15) is 11.8 Å². The Bertz CT molecular complexity index is 714. The van der Waals surface area contributed by atoms with Gasteiger partial charge in [0.05, 0.1) is 17.2 Å². The van der Waals surface area contributed by atoms with Crippen LogP contribution < -0.4 is 14.8 Å². The molecule has 3 rings (SSSR count). The fourth-order valence-electron chi connectivity index (χ4n) is 2.09. The van der Waals surface area contributed by atoms with E-state index in [0.717, 1.165) is 0 Å². The van der Waals surface area contributed by atoms with Crippen molar-refractivity contribution in [2.45, 2.75) is 17.4 Å². The zero-order valence-electron chi connectivity index (χ0n) is 10.8. The van der Waals surface area contributed by atoms with Gasteiger partial charge < -0.3 is 14.8 Å². The number of anilines is 1. The number of amides is 1. The van der Waals surface area contributed by atoms with Crippen molar-refractivity contribution in [1.82, 2.24) is 4.72 Å². The number of cyclic esters (lactones) is 1. The molecule has 9 heteroatoms. The maximum atomic E-state index is 12.2. The van der Waals surface area contributed by atoms with Gasteiger partial charge in [-0.3, -0.25) is 9.59 Å². The number of carbonyl (C=O) groups is 2. The van der Waals surface area contributed by atoms with Crippen LogP contribution in [0.15, 0.2) is 23.1 Å². The summed E-state index contributed by atoms with van der Waals surface area (Å²) in [6, 6.07) is 3.21. The Balaban J connectivity index is 1.87. The molecule has 21 heavy (non-hydrogen) atoms. The Morgan fingerprint density at radius 2 is 2.05 bits per heavy atom. The first-order valence-corrected chi connectivity index (χ1v) is 7.70. The van der Waals surface area contributed by atoms with Crippen molar-refractivity contribution in [3.63, 3.8) is 0 Å². The molecule has 0 radical (unpaired) electrons. The molecule has 1 aromatic carbocycles. The third kappa shape index (κ3) is 2.69. The molecule has 1 fully saturated rings. The van der Waals surface area contributed by atoms with E-state index in [2.05, 4.69) is 10.0 Å². The minimum atomic E-state index is -3.89. The molecular weight excluding hydrogens is 300 g/mol. The van der Waals surface area contributed by atoms with Gasteiger partial charge in [0.25, 0.3) is 5.91 Å². The van der Waals surface area contributed by atoms with Crippen molar-refractivity contribution < 1.29 is 27.5 Å². The predicted molar refractivity (Wildman–Crippen MR) is 70.3 cm³/mol. The number of esters is 1. The zero-order chi connectivity index (χ0) is 15.0. The molecule has 1 amide bonds. The smallest absolute Gasteiger partial charge is 0.324 e. The molecule has 0 spiro atoms. The normalized spacial score (nSPS) is 21.2. The first-order valence-electron chi connectivity index (χ1n) is 6.21. The Morgan fingerprint density at radius 1 is 1.24 bits per heavy atom. The van der Waals surface area contributed by atoms with Crippen LogP contribution in [0.2, 0.25) is 0 Å². The average molecular weight is 312 g/mol. The second kappa shape index (κ2) is 5.01. The van der Waals surface area contributed by atoms with Crippen LogP contribution >= 0.6 is 0 Å². The molecule has 1 atom stereocenters. The number of hydrogen-bond donors (Lipinski definition) is 2. The summed E-state index contributed by atoms with van der Waals surface area (Å²) in [5, 5.41) is 2.53. The molecule has 1 saturated heterocycles. The van der Waals surface area contributed by atoms with Gasteiger partial charge in [-0.1, -0.05) is 0 Å². The highest BCUT2D eigenvalue weighted by Crippen LogP contribution is 2.30. The SMILES string of the molecule is O=C1COc2ccc(S(=O)(=O)N[C@@H]3CCOC3=O)cc2N1. The van der Waals surface area contributed by atoms with Crippen LogP contribution in [0.1, 0.15) is 6.42 Å². The number of sulfonamides is 1. The van der Waals surface area contributed by atoms with Crippen LogP contribution in [0.5, 0.6) is 5.75 Å². The Morgan fingerprint density at radius 3 is 2.76 bits per heavy atom. The fourth-order valence-corrected chi connectivity index (χ4v) is 3.33. The highest BCUT2D eigenvalue weighted by Gasteiger charge is 2.31. The number of carbonyl (C=O) groups excluding carboxylic acids is 2. The standard InChI is InChI=1S/C12H12N2O6S/c15-11-6-20-10-2-1-7(5-9(10)13-11)21(17,18)14-8-3-4-19-12(8)16/h1-2,5,8,14H,3-4,6H2,(H,13,15)/t8-/m1/s1. The summed E-state index contributed by atoms with van der Waals surface area (Å²) in [6.07, 6.45) is 0.294. The highest BCUT2D eigenvalue weighted by atomic mass is 32.2. The second-order valence-electron chi connectivity index (χ2n) is 4.62. The summed E-state index contributed by atoms with van der Waals surface area (Å²) >= 11 is 0. The molecule has 2 aliphatic heterocycles. The molecule has 112 valence electrons. The van der Waals surface area contributed by atoms with Gasteiger partial charge in [-0.15, -0.1) is 0 Å². The van der Waals surface area contributed by atoms with E-state index in [1.807, 2.05) is 0 Å². The molecule has 0 bridgehead atoms. The van der Waals surface area contributed by atoms with E-state index < -0.39 is 22.0 Å². The van der Waals surface area contributed by atoms with E-state index in [-0.39, 0.29) is 29.7 Å². The summed E-state index contributed by atoms with van der Waals surface area (Å²) in [7, 11) is -3.89. The minimum absolute atomic E-state index is 0.0632. The maximum absolute atomic E-state index is 12.2. The molecule has 2 heterocycles. The van der Waals surface area contributed by atoms with Gasteiger partial charge in [-0.2, -0.15) is 4.72 Å². The lowest BCUT2D eigenvalue weighted by Gasteiger charge is -2.19. The van der Waals surface area contributed by atoms with E-state index >= 15 is 0 Å². The molecule has 0 saturated carbocycles. The molecule has 2 aliphatic rings. The van der Waals surface area contributed by atoms with Crippen LogP contribution in [0, 0.1) is 0 Å². The van der Waals surface area contributed by atoms with Gasteiger partial charge >= 0.3 is 5.97 Å². The number of rotatable bonds is 3. The van der Waals surface area contributed by atoms with E-state index in [0.29, 0.717) is 12.2 Å². The minimum Gasteiger partial charge on any atom is -0.482 e. The molecule has 8 nitrogen and oxygen atoms in total. The Labute approximate surface area is 120 Å². The van der Waals surface area contributed by atoms with Crippen LogP contribution in [0.25, 0.3) is 0 Å². The summed E-state index contributed by atoms with van der Waals surface area (Å²) < 4.78 is 36.6. The summed E-state index contributed by atoms with van der Waals surface area (Å²) in [4.78, 5) is 22.5. The lowest BCUT2D eigenvalue weighted by Crippen LogP contribution is -2.38. The molecule has 1 aromatic rings. The number of hydrogen-bond acceptors (Lipinski definition) is 6. The Kier molecular flexibility index (Phi) is 3.30. The molecule has 0 aliphatic carbocycles. The molecule has 0 aromatic heterocycles. The van der Waals surface area contributed by atoms with Gasteiger partial charge in [-0.05, 0) is 18.2 Å². The second-order valence-corrected chi connectivity index (χ2v) is 6.34. The van der Waals surface area contributed by atoms with Crippen molar-refractivity contribution in [3.8, 4) is 5.75 Å². The van der Waals surface area contributed by atoms with Gasteiger partial charge in [0.2, 0.25) is 10.0 Å². The number of benzene rings is 1. The fraction of sp³-hybridized carbons (Fsp3) is 0.333. The van der Waals surface area contributed by atoms with Gasteiger partial charge in [0.15, 0.2) is 6.61 Å². The van der Waals surface area contributed by atoms with E-state index in [4.69, 9.17) is 9.47 Å². The van der Waals surface area contributed by atoms with Crippen LogP contribution in [0.3, 0.4) is 0 Å². The number of fused-ring (bicyclic) bond motifs is 1. The Hall–Kier alpha value is -2.13. The number of nitrogens with one attached hydrogen (secondary N) is 2. The summed E-state index contributed by atoms with van der Waals surface area (Å²) in [6.45, 7) is 0.0887. The van der Waals surface area contributed by atoms with Crippen molar-refractivity contribution in [1.29, 1.82) is 0 Å². The summed E-state index contributed by atoms with van der Waals surface area (Å²) in [5.74, 6) is -0.550. The number of ether oxygens (including phenoxy) is 2. The van der Waals surface area contributed by atoms with E-state index in [1.165, 1.54) is 18.2 Å². The summed E-state index contributed by atoms with van der Waals surface area (Å²) in [5.41, 5.74) is 0.281. The zero-order valence-corrected chi connectivity index (χ0v) is 11.6. The van der Waals surface area contributed by atoms with Gasteiger partial charge in [-0.25, -0.2) is 8.42 Å². The van der Waals surface area contributed by atoms with Crippen molar-refractivity contribution in [2.75, 3.05) is 18.5 Å². The highest BCUT2D eigenvalue weighted by molar-refractivity contribution is 7.89. The third-order valence-electron chi connectivity index (χ3n) is 3.13. The molecular formula is C12H12N2O6S. The topological polar surface area (TPSA) is 111 Å². The molecule has 2 N–H and O–H groups in total. The third-order valence-corrected chi connectivity index (χ3v) is 4.60. The lowest BCUT2D eigenvalue weighted by molar-refractivity contribution is -0.139. The quantitative estimate of drug-likeness (QED) is 0.736. The predicted octanol–water partition coefficient (Wildman–Crippen LogP) is -0.389. The largest absolute Gasteiger partial charge is 0.482 e. The monoisotopic (exact) mass is 312 g/mol. The van der Waals surface area contributed by atoms with Crippen molar-refractivity contribution in [3.05, 3.63) is 18.2 Å². The van der Waals surface area contributed by atoms with Crippen LogP contribution in [0.4, 0.5) is 5.69 Å². The average Bonchev–Trinajstić information content (AvgIpc) is 2.82. The molecule has 0 unspecified atom stereocenters. The van der Waals surface area contributed by atoms with Crippen molar-refractivity contribution >= 4 is 27.6 Å². The van der Waals surface area contributed by atoms with Gasteiger partial charge in [0, 0.05) is 6.42 Å². The maximum Gasteiger partial charge on any atom is 0.324 e.